The van der Waals surface area contributed by atoms with Gasteiger partial charge in [0.05, 0.1) is 22.8 Å². The first-order chi connectivity index (χ1) is 13.4. The maximum absolute atomic E-state index is 13.3. The van der Waals surface area contributed by atoms with Gasteiger partial charge in [-0.15, -0.1) is 0 Å². The molecule has 2 aromatic rings. The van der Waals surface area contributed by atoms with E-state index in [4.69, 9.17) is 5.73 Å². The van der Waals surface area contributed by atoms with E-state index in [1.165, 1.54) is 0 Å². The summed E-state index contributed by atoms with van der Waals surface area (Å²) in [4.78, 5) is 19.5. The number of nitrogens with zero attached hydrogens (tertiary/aromatic N) is 4. The van der Waals surface area contributed by atoms with Crippen molar-refractivity contribution in [2.75, 3.05) is 10.6 Å². The molecule has 11 heteroatoms. The van der Waals surface area contributed by atoms with Gasteiger partial charge in [0, 0.05) is 17.9 Å². The first kappa shape index (κ1) is 19.5. The van der Waals surface area contributed by atoms with Gasteiger partial charge in [-0.2, -0.15) is 23.3 Å². The van der Waals surface area contributed by atoms with Gasteiger partial charge in [0.15, 0.2) is 0 Å². The molecule has 2 atom stereocenters. The lowest BCUT2D eigenvalue weighted by Crippen LogP contribution is -2.24. The van der Waals surface area contributed by atoms with Crippen LogP contribution in [0.1, 0.15) is 50.4 Å². The number of hydrogen-bond acceptors (Lipinski definition) is 6. The van der Waals surface area contributed by atoms with Crippen molar-refractivity contribution in [3.63, 3.8) is 0 Å². The normalized spacial score (nSPS) is 24.8. The quantitative estimate of drug-likeness (QED) is 0.676. The van der Waals surface area contributed by atoms with E-state index in [0.29, 0.717) is 17.8 Å². The highest BCUT2D eigenvalue weighted by atomic mass is 19.4. The highest BCUT2D eigenvalue weighted by molar-refractivity contribution is 5.84. The van der Waals surface area contributed by atoms with Crippen LogP contribution in [-0.4, -0.2) is 31.2 Å². The largest absolute Gasteiger partial charge is 0.421 e. The van der Waals surface area contributed by atoms with Gasteiger partial charge >= 0.3 is 6.18 Å². The Morgan fingerprint density at radius 1 is 1.34 bits per heavy atom. The summed E-state index contributed by atoms with van der Waals surface area (Å²) < 4.78 is 41.6. The van der Waals surface area contributed by atoms with Crippen LogP contribution in [-0.2, 0) is 11.0 Å². The van der Waals surface area contributed by atoms with E-state index >= 15 is 0 Å². The summed E-state index contributed by atoms with van der Waals surface area (Å²) >= 11 is 0. The zero-order chi connectivity index (χ0) is 21.2. The number of rotatable bonds is 6. The van der Waals surface area contributed by atoms with Gasteiger partial charge < -0.3 is 16.4 Å². The van der Waals surface area contributed by atoms with E-state index in [1.54, 1.807) is 24.7 Å². The number of halogens is 3. The average Bonchev–Trinajstić information content (AvgIpc) is 3.47. The van der Waals surface area contributed by atoms with E-state index in [0.717, 1.165) is 19.0 Å². The molecule has 2 heterocycles. The molecule has 2 aliphatic rings. The van der Waals surface area contributed by atoms with Crippen LogP contribution in [0.25, 0.3) is 0 Å². The predicted octanol–water partition coefficient (Wildman–Crippen LogP) is 3.14. The van der Waals surface area contributed by atoms with Crippen molar-refractivity contribution in [1.29, 1.82) is 0 Å². The van der Waals surface area contributed by atoms with Crippen molar-refractivity contribution in [3.8, 4) is 0 Å². The first-order valence-corrected chi connectivity index (χ1v) is 9.26. The van der Waals surface area contributed by atoms with Crippen LogP contribution < -0.4 is 16.4 Å². The predicted molar refractivity (Wildman–Crippen MR) is 99.5 cm³/mol. The third-order valence-electron chi connectivity index (χ3n) is 5.75. The summed E-state index contributed by atoms with van der Waals surface area (Å²) in [6.07, 6.45) is 0.0507. The number of nitrogens with one attached hydrogen (secondary N) is 2. The second kappa shape index (κ2) is 6.07. The molecule has 2 saturated carbocycles. The lowest BCUT2D eigenvalue weighted by Gasteiger charge is -2.18. The second-order valence-electron chi connectivity index (χ2n) is 8.37. The van der Waals surface area contributed by atoms with Gasteiger partial charge in [-0.1, -0.05) is 0 Å². The van der Waals surface area contributed by atoms with Crippen LogP contribution >= 0.6 is 0 Å². The van der Waals surface area contributed by atoms with Gasteiger partial charge in [0.25, 0.3) is 0 Å². The van der Waals surface area contributed by atoms with Crippen LogP contribution in [0.5, 0.6) is 0 Å². The Bertz CT molecular complexity index is 982. The third-order valence-corrected chi connectivity index (χ3v) is 5.75. The number of primary amides is 1. The van der Waals surface area contributed by atoms with E-state index in [-0.39, 0.29) is 29.3 Å². The lowest BCUT2D eigenvalue weighted by atomic mass is 10.1. The van der Waals surface area contributed by atoms with Gasteiger partial charge in [0.1, 0.15) is 11.4 Å². The molecule has 1 unspecified atom stereocenters. The Morgan fingerprint density at radius 2 is 2.03 bits per heavy atom. The molecule has 8 nitrogen and oxygen atoms in total. The standard InChI is InChI=1S/C18H22F3N7O/c1-9-11(8-28(27-9)12-6-17(12,3)14(22)29)24-15-23-7-10(18(19,20)21)13(25-15)26-16(2)4-5-16/h7-8,12H,4-6H2,1-3H3,(H2,22,29)(H2,23,24,25,26)/t12?,17-/m1/s1. The van der Waals surface area contributed by atoms with E-state index in [9.17, 15) is 18.0 Å². The van der Waals surface area contributed by atoms with E-state index in [1.807, 2.05) is 6.92 Å². The van der Waals surface area contributed by atoms with E-state index in [2.05, 4.69) is 25.7 Å². The number of amides is 1. The minimum atomic E-state index is -4.56. The molecule has 0 aromatic carbocycles. The number of alkyl halides is 3. The number of carbonyl (C=O) groups excluding carboxylic acids is 1. The summed E-state index contributed by atoms with van der Waals surface area (Å²) in [5.74, 6) is -0.607. The van der Waals surface area contributed by atoms with Crippen molar-refractivity contribution < 1.29 is 18.0 Å². The molecule has 0 radical (unpaired) electrons. The van der Waals surface area contributed by atoms with Gasteiger partial charge in [-0.05, 0) is 40.0 Å². The fraction of sp³-hybridized carbons (Fsp3) is 0.556. The number of nitrogens with two attached hydrogens (primary N) is 1. The molecule has 4 rings (SSSR count). The van der Waals surface area contributed by atoms with Gasteiger partial charge in [-0.25, -0.2) is 4.98 Å². The number of anilines is 3. The molecule has 2 aliphatic carbocycles. The maximum Gasteiger partial charge on any atom is 0.421 e. The van der Waals surface area contributed by atoms with Crippen molar-refractivity contribution >= 4 is 23.4 Å². The van der Waals surface area contributed by atoms with Crippen molar-refractivity contribution in [2.45, 2.75) is 57.8 Å². The number of aromatic nitrogens is 4. The monoisotopic (exact) mass is 409 g/mol. The van der Waals surface area contributed by atoms with Gasteiger partial charge in [-0.3, -0.25) is 9.48 Å². The molecule has 4 N–H and O–H groups in total. The Balaban J connectivity index is 1.58. The Morgan fingerprint density at radius 3 is 2.59 bits per heavy atom. The second-order valence-corrected chi connectivity index (χ2v) is 8.37. The zero-order valence-electron chi connectivity index (χ0n) is 16.3. The van der Waals surface area contributed by atoms with Crippen LogP contribution in [0, 0.1) is 12.3 Å². The van der Waals surface area contributed by atoms with Crippen molar-refractivity contribution in [3.05, 3.63) is 23.7 Å². The molecule has 0 bridgehead atoms. The highest BCUT2D eigenvalue weighted by Crippen LogP contribution is 2.55. The molecule has 0 spiro atoms. The number of hydrogen-bond donors (Lipinski definition) is 3. The van der Waals surface area contributed by atoms with Crippen LogP contribution in [0.4, 0.5) is 30.6 Å². The van der Waals surface area contributed by atoms with E-state index < -0.39 is 17.2 Å². The fourth-order valence-electron chi connectivity index (χ4n) is 3.22. The summed E-state index contributed by atoms with van der Waals surface area (Å²) in [5.41, 5.74) is 4.67. The first-order valence-electron chi connectivity index (χ1n) is 9.26. The maximum atomic E-state index is 13.3. The average molecular weight is 409 g/mol. The van der Waals surface area contributed by atoms with Crippen LogP contribution in [0.15, 0.2) is 12.4 Å². The molecule has 29 heavy (non-hydrogen) atoms. The Hall–Kier alpha value is -2.85. The fourth-order valence-corrected chi connectivity index (χ4v) is 3.22. The number of aryl methyl sites for hydroxylation is 1. The third kappa shape index (κ3) is 3.60. The van der Waals surface area contributed by atoms with Gasteiger partial charge in [0.2, 0.25) is 11.9 Å². The molecule has 2 fully saturated rings. The summed E-state index contributed by atoms with van der Waals surface area (Å²) in [7, 11) is 0. The summed E-state index contributed by atoms with van der Waals surface area (Å²) in [6, 6.07) is -0.144. The zero-order valence-corrected chi connectivity index (χ0v) is 16.3. The molecule has 2 aromatic heterocycles. The molecule has 0 aliphatic heterocycles. The number of carbonyl (C=O) groups is 1. The topological polar surface area (TPSA) is 111 Å². The molecular weight excluding hydrogens is 387 g/mol. The molecule has 156 valence electrons. The van der Waals surface area contributed by atoms with Crippen molar-refractivity contribution in [1.82, 2.24) is 19.7 Å². The minimum Gasteiger partial charge on any atom is -0.369 e. The summed E-state index contributed by atoms with van der Waals surface area (Å²) in [5, 5.41) is 10.2. The van der Waals surface area contributed by atoms with Crippen LogP contribution in [0.3, 0.4) is 0 Å². The molecule has 1 amide bonds. The molecular formula is C18H22F3N7O. The smallest absolute Gasteiger partial charge is 0.369 e. The minimum absolute atomic E-state index is 0.0286. The molecule has 0 saturated heterocycles. The lowest BCUT2D eigenvalue weighted by molar-refractivity contribution is -0.137. The summed E-state index contributed by atoms with van der Waals surface area (Å²) in [6.45, 7) is 5.37. The van der Waals surface area contributed by atoms with Crippen molar-refractivity contribution in [2.24, 2.45) is 11.1 Å². The SMILES string of the molecule is Cc1nn(C2C[C@@]2(C)C(N)=O)cc1Nc1ncc(C(F)(F)F)c(NC2(C)CC2)n1. The Kier molecular flexibility index (Phi) is 4.08. The van der Waals surface area contributed by atoms with Crippen LogP contribution in [0.2, 0.25) is 0 Å². The Labute approximate surface area is 165 Å². The highest BCUT2D eigenvalue weighted by Gasteiger charge is 2.57.